The minimum atomic E-state index is -0.260. The fourth-order valence-electron chi connectivity index (χ4n) is 3.76. The Morgan fingerprint density at radius 1 is 1.28 bits per heavy atom. The van der Waals surface area contributed by atoms with Gasteiger partial charge >= 0.3 is 0 Å². The normalized spacial score (nSPS) is 21.7. The Hall–Kier alpha value is -2.08. The van der Waals surface area contributed by atoms with E-state index in [2.05, 4.69) is 5.32 Å². The number of anilines is 1. The van der Waals surface area contributed by atoms with E-state index in [-0.39, 0.29) is 24.2 Å². The number of hydrogen-bond donors (Lipinski definition) is 1. The number of methoxy groups -OCH3 is 1. The standard InChI is InChI=1S/C19H27N3O3/c1-13-4-5-17(25-3)16(10-13)22-12-14(11-18(22)23)19(24)21-8-6-15(20-2)7-9-21/h4-5,10,14-15,20H,6-9,11-12H2,1-3H3. The van der Waals surface area contributed by atoms with Gasteiger partial charge in [0.2, 0.25) is 11.8 Å². The van der Waals surface area contributed by atoms with Gasteiger partial charge < -0.3 is 19.9 Å². The van der Waals surface area contributed by atoms with Crippen LogP contribution in [0.25, 0.3) is 0 Å². The molecule has 0 aromatic heterocycles. The Morgan fingerprint density at radius 3 is 2.64 bits per heavy atom. The zero-order chi connectivity index (χ0) is 18.0. The topological polar surface area (TPSA) is 61.9 Å². The van der Waals surface area contributed by atoms with E-state index in [0.29, 0.717) is 18.3 Å². The maximum Gasteiger partial charge on any atom is 0.228 e. The second kappa shape index (κ2) is 7.44. The third-order valence-corrected chi connectivity index (χ3v) is 5.31. The SMILES string of the molecule is CNC1CCN(C(=O)C2CC(=O)N(c3cc(C)ccc3OC)C2)CC1. The number of benzene rings is 1. The van der Waals surface area contributed by atoms with Crippen LogP contribution >= 0.6 is 0 Å². The van der Waals surface area contributed by atoms with E-state index in [1.165, 1.54) is 0 Å². The van der Waals surface area contributed by atoms with Crippen LogP contribution in [0.4, 0.5) is 5.69 Å². The lowest BCUT2D eigenvalue weighted by atomic mass is 10.0. The van der Waals surface area contributed by atoms with E-state index in [1.54, 1.807) is 12.0 Å². The lowest BCUT2D eigenvalue weighted by molar-refractivity contribution is -0.136. The first kappa shape index (κ1) is 17.7. The molecular formula is C19H27N3O3. The molecule has 1 aromatic rings. The van der Waals surface area contributed by atoms with Gasteiger partial charge in [0.25, 0.3) is 0 Å². The van der Waals surface area contributed by atoms with Crippen LogP contribution in [0.1, 0.15) is 24.8 Å². The number of carbonyl (C=O) groups excluding carboxylic acids is 2. The van der Waals surface area contributed by atoms with Crippen molar-refractivity contribution in [2.75, 3.05) is 38.7 Å². The number of rotatable bonds is 4. The van der Waals surface area contributed by atoms with Crippen molar-refractivity contribution in [1.82, 2.24) is 10.2 Å². The summed E-state index contributed by atoms with van der Waals surface area (Å²) in [5, 5.41) is 3.27. The van der Waals surface area contributed by atoms with Crippen LogP contribution < -0.4 is 15.0 Å². The van der Waals surface area contributed by atoms with Crippen LogP contribution in [-0.4, -0.2) is 56.5 Å². The van der Waals surface area contributed by atoms with E-state index < -0.39 is 0 Å². The lowest BCUT2D eigenvalue weighted by Crippen LogP contribution is -2.46. The van der Waals surface area contributed by atoms with Gasteiger partial charge in [-0.05, 0) is 44.5 Å². The number of piperidine rings is 1. The highest BCUT2D eigenvalue weighted by molar-refractivity contribution is 6.01. The summed E-state index contributed by atoms with van der Waals surface area (Å²) in [6.45, 7) is 3.95. The fourth-order valence-corrected chi connectivity index (χ4v) is 3.76. The van der Waals surface area contributed by atoms with Crippen molar-refractivity contribution in [2.24, 2.45) is 5.92 Å². The lowest BCUT2D eigenvalue weighted by Gasteiger charge is -2.33. The molecule has 1 atom stereocenters. The molecule has 2 fully saturated rings. The summed E-state index contributed by atoms with van der Waals surface area (Å²) in [4.78, 5) is 29.0. The second-order valence-corrected chi connectivity index (χ2v) is 6.97. The molecule has 0 spiro atoms. The van der Waals surface area contributed by atoms with Gasteiger partial charge in [0, 0.05) is 32.1 Å². The van der Waals surface area contributed by atoms with Crippen molar-refractivity contribution in [3.63, 3.8) is 0 Å². The summed E-state index contributed by atoms with van der Waals surface area (Å²) in [5.41, 5.74) is 1.82. The molecule has 2 amide bonds. The number of aryl methyl sites for hydroxylation is 1. The van der Waals surface area contributed by atoms with E-state index in [0.717, 1.165) is 37.2 Å². The first-order chi connectivity index (χ1) is 12.0. The average Bonchev–Trinajstić information content (AvgIpc) is 3.02. The largest absolute Gasteiger partial charge is 0.495 e. The molecule has 2 saturated heterocycles. The Balaban J connectivity index is 1.70. The number of carbonyl (C=O) groups is 2. The van der Waals surface area contributed by atoms with Crippen molar-refractivity contribution in [1.29, 1.82) is 0 Å². The summed E-state index contributed by atoms with van der Waals surface area (Å²) in [5.74, 6) is 0.509. The number of amides is 2. The first-order valence-corrected chi connectivity index (χ1v) is 8.94. The van der Waals surface area contributed by atoms with Gasteiger partial charge in [0.1, 0.15) is 5.75 Å². The average molecular weight is 345 g/mol. The fraction of sp³-hybridized carbons (Fsp3) is 0.579. The third kappa shape index (κ3) is 3.63. The van der Waals surface area contributed by atoms with Gasteiger partial charge in [-0.25, -0.2) is 0 Å². The summed E-state index contributed by atoms with van der Waals surface area (Å²) >= 11 is 0. The van der Waals surface area contributed by atoms with E-state index in [1.807, 2.05) is 37.1 Å². The summed E-state index contributed by atoms with van der Waals surface area (Å²) in [6, 6.07) is 6.26. The maximum absolute atomic E-state index is 12.8. The van der Waals surface area contributed by atoms with Gasteiger partial charge in [-0.3, -0.25) is 9.59 Å². The Labute approximate surface area is 149 Å². The predicted molar refractivity (Wildman–Crippen MR) is 96.9 cm³/mol. The van der Waals surface area contributed by atoms with Crippen LogP contribution in [0.2, 0.25) is 0 Å². The van der Waals surface area contributed by atoms with Crippen molar-refractivity contribution in [2.45, 2.75) is 32.2 Å². The molecule has 2 heterocycles. The van der Waals surface area contributed by atoms with E-state index >= 15 is 0 Å². The molecule has 3 rings (SSSR count). The quantitative estimate of drug-likeness (QED) is 0.900. The zero-order valence-electron chi connectivity index (χ0n) is 15.2. The monoisotopic (exact) mass is 345 g/mol. The Morgan fingerprint density at radius 2 is 2.00 bits per heavy atom. The van der Waals surface area contributed by atoms with Crippen LogP contribution in [0.15, 0.2) is 18.2 Å². The highest BCUT2D eigenvalue weighted by Gasteiger charge is 2.38. The maximum atomic E-state index is 12.8. The first-order valence-electron chi connectivity index (χ1n) is 8.94. The molecule has 0 saturated carbocycles. The highest BCUT2D eigenvalue weighted by atomic mass is 16.5. The van der Waals surface area contributed by atoms with E-state index in [4.69, 9.17) is 4.74 Å². The van der Waals surface area contributed by atoms with Gasteiger partial charge in [0.15, 0.2) is 0 Å². The highest BCUT2D eigenvalue weighted by Crippen LogP contribution is 2.34. The molecule has 136 valence electrons. The van der Waals surface area contributed by atoms with Crippen LogP contribution in [-0.2, 0) is 9.59 Å². The zero-order valence-corrected chi connectivity index (χ0v) is 15.2. The minimum absolute atomic E-state index is 0.00707. The van der Waals surface area contributed by atoms with Crippen LogP contribution in [0.3, 0.4) is 0 Å². The molecule has 0 radical (unpaired) electrons. The predicted octanol–water partition coefficient (Wildman–Crippen LogP) is 1.57. The van der Waals surface area contributed by atoms with Crippen LogP contribution in [0, 0.1) is 12.8 Å². The number of ether oxygens (including phenoxy) is 1. The van der Waals surface area contributed by atoms with Gasteiger partial charge in [-0.15, -0.1) is 0 Å². The molecule has 1 unspecified atom stereocenters. The minimum Gasteiger partial charge on any atom is -0.495 e. The Bertz CT molecular complexity index is 653. The van der Waals surface area contributed by atoms with Crippen LogP contribution in [0.5, 0.6) is 5.75 Å². The van der Waals surface area contributed by atoms with Crippen molar-refractivity contribution in [3.05, 3.63) is 23.8 Å². The molecule has 6 nitrogen and oxygen atoms in total. The number of nitrogens with one attached hydrogen (secondary N) is 1. The van der Waals surface area contributed by atoms with Crippen molar-refractivity contribution >= 4 is 17.5 Å². The molecule has 0 bridgehead atoms. The summed E-state index contributed by atoms with van der Waals surface area (Å²) < 4.78 is 5.40. The molecule has 2 aliphatic rings. The molecule has 1 aromatic carbocycles. The number of hydrogen-bond acceptors (Lipinski definition) is 4. The molecular weight excluding hydrogens is 318 g/mol. The van der Waals surface area contributed by atoms with E-state index in [9.17, 15) is 9.59 Å². The summed E-state index contributed by atoms with van der Waals surface area (Å²) in [6.07, 6.45) is 2.22. The Kier molecular flexibility index (Phi) is 5.27. The molecule has 0 aliphatic carbocycles. The summed E-state index contributed by atoms with van der Waals surface area (Å²) in [7, 11) is 3.56. The van der Waals surface area contributed by atoms with Gasteiger partial charge in [0.05, 0.1) is 18.7 Å². The molecule has 25 heavy (non-hydrogen) atoms. The van der Waals surface area contributed by atoms with Gasteiger partial charge in [-0.2, -0.15) is 0 Å². The molecule has 1 N–H and O–H groups in total. The van der Waals surface area contributed by atoms with Crippen molar-refractivity contribution < 1.29 is 14.3 Å². The molecule has 2 aliphatic heterocycles. The van der Waals surface area contributed by atoms with Crippen molar-refractivity contribution in [3.8, 4) is 5.75 Å². The third-order valence-electron chi connectivity index (χ3n) is 5.31. The smallest absolute Gasteiger partial charge is 0.228 e. The molecule has 6 heteroatoms. The number of nitrogens with zero attached hydrogens (tertiary/aromatic N) is 2. The second-order valence-electron chi connectivity index (χ2n) is 6.97. The van der Waals surface area contributed by atoms with Gasteiger partial charge in [-0.1, -0.05) is 6.07 Å². The number of likely N-dealkylation sites (tertiary alicyclic amines) is 1.